The molecule has 2 unspecified atom stereocenters. The zero-order valence-electron chi connectivity index (χ0n) is 14.5. The van der Waals surface area contributed by atoms with Crippen molar-refractivity contribution in [2.75, 3.05) is 34.3 Å². The highest BCUT2D eigenvalue weighted by Crippen LogP contribution is 2.30. The largest absolute Gasteiger partial charge is 0.493 e. The van der Waals surface area contributed by atoms with Gasteiger partial charge < -0.3 is 15.0 Å². The lowest BCUT2D eigenvalue weighted by Gasteiger charge is -2.23. The molecular formula is C16H32N4O. The first-order chi connectivity index (χ1) is 10.0. The van der Waals surface area contributed by atoms with Crippen LogP contribution in [0.1, 0.15) is 45.3 Å². The number of ether oxygens (including phenoxy) is 1. The molecule has 0 spiro atoms. The highest BCUT2D eigenvalue weighted by Gasteiger charge is 2.22. The molecule has 0 bridgehead atoms. The lowest BCUT2D eigenvalue weighted by atomic mass is 9.97. The summed E-state index contributed by atoms with van der Waals surface area (Å²) in [5.74, 6) is 1.57. The molecule has 21 heavy (non-hydrogen) atoms. The molecule has 0 saturated heterocycles. The summed E-state index contributed by atoms with van der Waals surface area (Å²) in [5.41, 5.74) is 1.18. The molecule has 122 valence electrons. The Morgan fingerprint density at radius 2 is 2.10 bits per heavy atom. The summed E-state index contributed by atoms with van der Waals surface area (Å²) < 4.78 is 7.63. The van der Waals surface area contributed by atoms with E-state index in [1.165, 1.54) is 12.1 Å². The van der Waals surface area contributed by atoms with Crippen LogP contribution in [0.15, 0.2) is 6.20 Å². The van der Waals surface area contributed by atoms with Crippen LogP contribution in [0.5, 0.6) is 5.75 Å². The SMILES string of the molecule is CCNC(CC(C)CC)c1c(OC)cnn1CCN(C)C. The second-order valence-corrected chi connectivity index (χ2v) is 5.98. The van der Waals surface area contributed by atoms with Crippen molar-refractivity contribution in [1.29, 1.82) is 0 Å². The molecular weight excluding hydrogens is 264 g/mol. The minimum atomic E-state index is 0.296. The Kier molecular flexibility index (Phi) is 7.75. The first kappa shape index (κ1) is 18.0. The van der Waals surface area contributed by atoms with Crippen LogP contribution in [0, 0.1) is 5.92 Å². The highest BCUT2D eigenvalue weighted by atomic mass is 16.5. The van der Waals surface area contributed by atoms with E-state index in [-0.39, 0.29) is 0 Å². The van der Waals surface area contributed by atoms with E-state index in [0.717, 1.165) is 31.8 Å². The molecule has 1 N–H and O–H groups in total. The topological polar surface area (TPSA) is 42.3 Å². The van der Waals surface area contributed by atoms with Gasteiger partial charge in [-0.3, -0.25) is 4.68 Å². The number of nitrogens with zero attached hydrogens (tertiary/aromatic N) is 3. The number of rotatable bonds is 10. The summed E-state index contributed by atoms with van der Waals surface area (Å²) in [5, 5.41) is 8.12. The van der Waals surface area contributed by atoms with Crippen molar-refractivity contribution in [3.8, 4) is 5.75 Å². The summed E-state index contributed by atoms with van der Waals surface area (Å²) in [6.45, 7) is 9.50. The Labute approximate surface area is 129 Å². The average Bonchev–Trinajstić information content (AvgIpc) is 2.87. The van der Waals surface area contributed by atoms with Gasteiger partial charge in [-0.25, -0.2) is 0 Å². The van der Waals surface area contributed by atoms with Crippen LogP contribution < -0.4 is 10.1 Å². The van der Waals surface area contributed by atoms with Crippen molar-refractivity contribution >= 4 is 0 Å². The van der Waals surface area contributed by atoms with Crippen molar-refractivity contribution in [1.82, 2.24) is 20.0 Å². The molecule has 0 aliphatic rings. The average molecular weight is 296 g/mol. The molecule has 0 aromatic carbocycles. The van der Waals surface area contributed by atoms with E-state index in [2.05, 4.69) is 54.9 Å². The van der Waals surface area contributed by atoms with Crippen LogP contribution in [0.4, 0.5) is 0 Å². The van der Waals surface area contributed by atoms with Crippen LogP contribution in [-0.4, -0.2) is 49.0 Å². The van der Waals surface area contributed by atoms with Gasteiger partial charge in [0.15, 0.2) is 5.75 Å². The van der Waals surface area contributed by atoms with Crippen LogP contribution in [0.25, 0.3) is 0 Å². The number of aromatic nitrogens is 2. The van der Waals surface area contributed by atoms with Gasteiger partial charge in [-0.1, -0.05) is 27.2 Å². The van der Waals surface area contributed by atoms with Crippen LogP contribution >= 0.6 is 0 Å². The molecule has 1 aromatic rings. The van der Waals surface area contributed by atoms with Gasteiger partial charge in [-0.05, 0) is 33.0 Å². The van der Waals surface area contributed by atoms with Crippen molar-refractivity contribution in [2.45, 2.75) is 46.2 Å². The van der Waals surface area contributed by atoms with Crippen molar-refractivity contribution in [2.24, 2.45) is 5.92 Å². The van der Waals surface area contributed by atoms with Gasteiger partial charge in [-0.2, -0.15) is 5.10 Å². The second-order valence-electron chi connectivity index (χ2n) is 5.98. The normalized spacial score (nSPS) is 14.4. The molecule has 0 saturated carbocycles. The fourth-order valence-electron chi connectivity index (χ4n) is 2.47. The van der Waals surface area contributed by atoms with Gasteiger partial charge in [0.1, 0.15) is 0 Å². The first-order valence-electron chi connectivity index (χ1n) is 8.01. The zero-order chi connectivity index (χ0) is 15.8. The Morgan fingerprint density at radius 1 is 1.38 bits per heavy atom. The molecule has 1 heterocycles. The van der Waals surface area contributed by atoms with Gasteiger partial charge in [0.2, 0.25) is 0 Å². The monoisotopic (exact) mass is 296 g/mol. The second kappa shape index (κ2) is 9.05. The third-order valence-corrected chi connectivity index (χ3v) is 3.94. The summed E-state index contributed by atoms with van der Waals surface area (Å²) in [7, 11) is 5.89. The van der Waals surface area contributed by atoms with Crippen LogP contribution in [0.2, 0.25) is 0 Å². The molecule has 1 aromatic heterocycles. The summed E-state index contributed by atoms with van der Waals surface area (Å²) in [6, 6.07) is 0.296. The van der Waals surface area contributed by atoms with Gasteiger partial charge in [0.25, 0.3) is 0 Å². The van der Waals surface area contributed by atoms with Crippen molar-refractivity contribution < 1.29 is 4.74 Å². The number of methoxy groups -OCH3 is 1. The quantitative estimate of drug-likeness (QED) is 0.720. The van der Waals surface area contributed by atoms with E-state index in [9.17, 15) is 0 Å². The molecule has 0 fully saturated rings. The van der Waals surface area contributed by atoms with E-state index in [4.69, 9.17) is 4.74 Å². The molecule has 0 amide bonds. The Morgan fingerprint density at radius 3 is 2.62 bits per heavy atom. The predicted molar refractivity (Wildman–Crippen MR) is 87.8 cm³/mol. The third-order valence-electron chi connectivity index (χ3n) is 3.94. The predicted octanol–water partition coefficient (Wildman–Crippen LogP) is 2.54. The summed E-state index contributed by atoms with van der Waals surface area (Å²) >= 11 is 0. The molecule has 5 heteroatoms. The van der Waals surface area contributed by atoms with Gasteiger partial charge in [0.05, 0.1) is 31.6 Å². The first-order valence-corrected chi connectivity index (χ1v) is 8.01. The maximum atomic E-state index is 5.54. The molecule has 0 aliphatic heterocycles. The maximum Gasteiger partial charge on any atom is 0.161 e. The number of nitrogens with one attached hydrogen (secondary N) is 1. The number of likely N-dealkylation sites (N-methyl/N-ethyl adjacent to an activating group) is 1. The maximum absolute atomic E-state index is 5.54. The molecule has 5 nitrogen and oxygen atoms in total. The number of hydrogen-bond donors (Lipinski definition) is 1. The minimum Gasteiger partial charge on any atom is -0.493 e. The Bertz CT molecular complexity index is 403. The molecule has 0 aliphatic carbocycles. The highest BCUT2D eigenvalue weighted by molar-refractivity contribution is 5.28. The minimum absolute atomic E-state index is 0.296. The van der Waals surface area contributed by atoms with E-state index in [1.807, 2.05) is 6.20 Å². The van der Waals surface area contributed by atoms with Crippen LogP contribution in [0.3, 0.4) is 0 Å². The van der Waals surface area contributed by atoms with E-state index >= 15 is 0 Å². The molecule has 2 atom stereocenters. The van der Waals surface area contributed by atoms with Crippen molar-refractivity contribution in [3.05, 3.63) is 11.9 Å². The third kappa shape index (κ3) is 5.32. The number of hydrogen-bond acceptors (Lipinski definition) is 4. The lowest BCUT2D eigenvalue weighted by Crippen LogP contribution is -2.28. The fourth-order valence-corrected chi connectivity index (χ4v) is 2.47. The zero-order valence-corrected chi connectivity index (χ0v) is 14.5. The summed E-state index contributed by atoms with van der Waals surface area (Å²) in [4.78, 5) is 2.18. The smallest absolute Gasteiger partial charge is 0.161 e. The van der Waals surface area contributed by atoms with Crippen molar-refractivity contribution in [3.63, 3.8) is 0 Å². The van der Waals surface area contributed by atoms with Gasteiger partial charge in [0, 0.05) is 6.54 Å². The Hall–Kier alpha value is -1.07. The van der Waals surface area contributed by atoms with Gasteiger partial charge in [-0.15, -0.1) is 0 Å². The summed E-state index contributed by atoms with van der Waals surface area (Å²) in [6.07, 6.45) is 4.14. The van der Waals surface area contributed by atoms with Gasteiger partial charge >= 0.3 is 0 Å². The van der Waals surface area contributed by atoms with Crippen LogP contribution in [-0.2, 0) is 6.54 Å². The molecule has 0 radical (unpaired) electrons. The lowest BCUT2D eigenvalue weighted by molar-refractivity contribution is 0.336. The standard InChI is InChI=1S/C16H32N4O/c1-7-13(3)11-14(17-8-2)16-15(21-6)12-18-20(16)10-9-19(4)5/h12-14,17H,7-11H2,1-6H3. The fraction of sp³-hybridized carbons (Fsp3) is 0.812. The molecule has 1 rings (SSSR count). The van der Waals surface area contributed by atoms with E-state index in [0.29, 0.717) is 12.0 Å². The Balaban J connectivity index is 2.99. The van der Waals surface area contributed by atoms with E-state index < -0.39 is 0 Å². The van der Waals surface area contributed by atoms with E-state index in [1.54, 1.807) is 7.11 Å².